The molecular weight excluding hydrogens is 360 g/mol. The number of nitrogens with one attached hydrogen (secondary N) is 1. The van der Waals surface area contributed by atoms with Crippen LogP contribution in [-0.4, -0.2) is 22.5 Å². The van der Waals surface area contributed by atoms with Crippen molar-refractivity contribution in [1.29, 1.82) is 5.26 Å². The largest absolute Gasteiger partial charge is 0.454 e. The Morgan fingerprint density at radius 1 is 1.14 bits per heavy atom. The third-order valence-electron chi connectivity index (χ3n) is 4.10. The Morgan fingerprint density at radius 3 is 2.86 bits per heavy atom. The van der Waals surface area contributed by atoms with E-state index in [9.17, 15) is 9.59 Å². The molecule has 2 heterocycles. The molecule has 3 aromatic rings. The number of ether oxygens (including phenoxy) is 2. The molecule has 2 aromatic carbocycles. The van der Waals surface area contributed by atoms with Gasteiger partial charge in [0.2, 0.25) is 12.7 Å². The molecule has 8 heteroatoms. The van der Waals surface area contributed by atoms with Crippen LogP contribution >= 0.6 is 0 Å². The third kappa shape index (κ3) is 3.54. The molecule has 0 saturated carbocycles. The highest BCUT2D eigenvalue weighted by molar-refractivity contribution is 5.90. The van der Waals surface area contributed by atoms with E-state index in [2.05, 4.69) is 10.4 Å². The highest BCUT2D eigenvalue weighted by Crippen LogP contribution is 2.35. The van der Waals surface area contributed by atoms with Crippen molar-refractivity contribution in [2.45, 2.75) is 6.54 Å². The standard InChI is InChI=1S/C20H14N4O4/c21-10-13-2-1-3-15(8-13)22-19(25)11-24-20(26)7-5-16(23-24)14-4-6-17-18(9-14)28-12-27-17/h1-9H,11-12H2,(H,22,25). The second-order valence-corrected chi connectivity index (χ2v) is 6.02. The Bertz CT molecular complexity index is 1160. The van der Waals surface area contributed by atoms with E-state index in [1.54, 1.807) is 48.5 Å². The summed E-state index contributed by atoms with van der Waals surface area (Å²) in [7, 11) is 0. The van der Waals surface area contributed by atoms with Crippen LogP contribution in [0.4, 0.5) is 5.69 Å². The van der Waals surface area contributed by atoms with Crippen LogP contribution in [0.15, 0.2) is 59.4 Å². The van der Waals surface area contributed by atoms with E-state index < -0.39 is 11.5 Å². The predicted molar refractivity (Wildman–Crippen MR) is 99.8 cm³/mol. The third-order valence-corrected chi connectivity index (χ3v) is 4.10. The molecule has 28 heavy (non-hydrogen) atoms. The normalized spacial score (nSPS) is 11.7. The summed E-state index contributed by atoms with van der Waals surface area (Å²) < 4.78 is 11.7. The maximum Gasteiger partial charge on any atom is 0.267 e. The van der Waals surface area contributed by atoms with Crippen molar-refractivity contribution in [1.82, 2.24) is 9.78 Å². The Labute approximate surface area is 159 Å². The number of carbonyl (C=O) groups excluding carboxylic acids is 1. The number of nitriles is 1. The van der Waals surface area contributed by atoms with Gasteiger partial charge in [-0.25, -0.2) is 4.68 Å². The summed E-state index contributed by atoms with van der Waals surface area (Å²) in [6.45, 7) is -0.0904. The van der Waals surface area contributed by atoms with E-state index in [1.165, 1.54) is 6.07 Å². The molecule has 0 saturated heterocycles. The van der Waals surface area contributed by atoms with Crippen LogP contribution in [-0.2, 0) is 11.3 Å². The summed E-state index contributed by atoms with van der Waals surface area (Å²) in [5, 5.41) is 15.9. The minimum Gasteiger partial charge on any atom is -0.454 e. The number of amides is 1. The van der Waals surface area contributed by atoms with Crippen molar-refractivity contribution in [3.05, 3.63) is 70.5 Å². The monoisotopic (exact) mass is 374 g/mol. The Balaban J connectivity index is 1.55. The van der Waals surface area contributed by atoms with Gasteiger partial charge in [0, 0.05) is 17.3 Å². The van der Waals surface area contributed by atoms with Gasteiger partial charge in [-0.1, -0.05) is 6.07 Å². The minimum absolute atomic E-state index is 0.166. The molecule has 1 amide bonds. The lowest BCUT2D eigenvalue weighted by molar-refractivity contribution is -0.117. The molecule has 4 rings (SSSR count). The van der Waals surface area contributed by atoms with E-state index in [-0.39, 0.29) is 13.3 Å². The number of fused-ring (bicyclic) bond motifs is 1. The highest BCUT2D eigenvalue weighted by Gasteiger charge is 2.15. The molecule has 0 spiro atoms. The Kier molecular flexibility index (Phi) is 4.48. The van der Waals surface area contributed by atoms with Crippen molar-refractivity contribution in [3.8, 4) is 28.8 Å². The SMILES string of the molecule is N#Cc1cccc(NC(=O)Cn2nc(-c3ccc4c(c3)OCO4)ccc2=O)c1. The molecule has 8 nitrogen and oxygen atoms in total. The average Bonchev–Trinajstić information content (AvgIpc) is 3.17. The summed E-state index contributed by atoms with van der Waals surface area (Å²) >= 11 is 0. The maximum absolute atomic E-state index is 12.3. The van der Waals surface area contributed by atoms with Crippen molar-refractivity contribution in [2.24, 2.45) is 0 Å². The second-order valence-electron chi connectivity index (χ2n) is 6.02. The van der Waals surface area contributed by atoms with Gasteiger partial charge in [0.05, 0.1) is 17.3 Å². The lowest BCUT2D eigenvalue weighted by Crippen LogP contribution is -2.29. The van der Waals surface area contributed by atoms with E-state index in [4.69, 9.17) is 14.7 Å². The van der Waals surface area contributed by atoms with Gasteiger partial charge in [0.15, 0.2) is 11.5 Å². The number of carbonyl (C=O) groups is 1. The lowest BCUT2D eigenvalue weighted by Gasteiger charge is -2.09. The molecule has 0 fully saturated rings. The van der Waals surface area contributed by atoms with Crippen molar-refractivity contribution in [2.75, 3.05) is 12.1 Å². The van der Waals surface area contributed by atoms with Gasteiger partial charge >= 0.3 is 0 Å². The van der Waals surface area contributed by atoms with E-state index >= 15 is 0 Å². The van der Waals surface area contributed by atoms with Crippen molar-refractivity contribution < 1.29 is 14.3 Å². The fourth-order valence-corrected chi connectivity index (χ4v) is 2.78. The van der Waals surface area contributed by atoms with E-state index in [1.807, 2.05) is 6.07 Å². The number of rotatable bonds is 4. The van der Waals surface area contributed by atoms with Crippen molar-refractivity contribution >= 4 is 11.6 Å². The topological polar surface area (TPSA) is 106 Å². The molecule has 0 unspecified atom stereocenters. The molecule has 0 aliphatic carbocycles. The van der Waals surface area contributed by atoms with E-state index in [0.29, 0.717) is 28.4 Å². The molecule has 138 valence electrons. The lowest BCUT2D eigenvalue weighted by atomic mass is 10.1. The zero-order valence-electron chi connectivity index (χ0n) is 14.6. The van der Waals surface area contributed by atoms with Crippen LogP contribution in [0.1, 0.15) is 5.56 Å². The van der Waals surface area contributed by atoms with Gasteiger partial charge in [-0.15, -0.1) is 0 Å². The number of nitrogens with zero attached hydrogens (tertiary/aromatic N) is 3. The van der Waals surface area contributed by atoms with Crippen molar-refractivity contribution in [3.63, 3.8) is 0 Å². The Morgan fingerprint density at radius 2 is 2.00 bits per heavy atom. The fourth-order valence-electron chi connectivity index (χ4n) is 2.78. The summed E-state index contributed by atoms with van der Waals surface area (Å²) in [4.78, 5) is 24.4. The quantitative estimate of drug-likeness (QED) is 0.750. The van der Waals surface area contributed by atoms with Gasteiger partial charge in [0.25, 0.3) is 5.56 Å². The van der Waals surface area contributed by atoms with Crippen LogP contribution in [0.25, 0.3) is 11.3 Å². The number of aromatic nitrogens is 2. The predicted octanol–water partition coefficient (Wildman–Crippen LogP) is 2.15. The van der Waals surface area contributed by atoms with Gasteiger partial charge in [-0.2, -0.15) is 10.4 Å². The number of anilines is 1. The smallest absolute Gasteiger partial charge is 0.267 e. The van der Waals surface area contributed by atoms with Crippen LogP contribution < -0.4 is 20.3 Å². The van der Waals surface area contributed by atoms with Crippen LogP contribution in [0.5, 0.6) is 11.5 Å². The molecule has 0 bridgehead atoms. The average molecular weight is 374 g/mol. The van der Waals surface area contributed by atoms with Gasteiger partial charge in [0.1, 0.15) is 6.54 Å². The molecule has 1 aliphatic rings. The fraction of sp³-hybridized carbons (Fsp3) is 0.100. The van der Waals surface area contributed by atoms with Crippen LogP contribution in [0.3, 0.4) is 0 Å². The number of benzene rings is 2. The molecule has 0 atom stereocenters. The first kappa shape index (κ1) is 17.3. The summed E-state index contributed by atoms with van der Waals surface area (Å²) in [6.07, 6.45) is 0. The molecule has 1 N–H and O–H groups in total. The molecule has 0 radical (unpaired) electrons. The van der Waals surface area contributed by atoms with Gasteiger partial charge < -0.3 is 14.8 Å². The zero-order chi connectivity index (χ0) is 19.5. The highest BCUT2D eigenvalue weighted by atomic mass is 16.7. The first-order chi connectivity index (χ1) is 13.6. The molecular formula is C20H14N4O4. The number of hydrogen-bond donors (Lipinski definition) is 1. The Hall–Kier alpha value is -4.12. The summed E-state index contributed by atoms with van der Waals surface area (Å²) in [5.74, 6) is 0.829. The van der Waals surface area contributed by atoms with E-state index in [0.717, 1.165) is 10.2 Å². The first-order valence-corrected chi connectivity index (χ1v) is 8.40. The zero-order valence-corrected chi connectivity index (χ0v) is 14.6. The second kappa shape index (κ2) is 7.25. The van der Waals surface area contributed by atoms with Gasteiger partial charge in [-0.05, 0) is 42.5 Å². The molecule has 1 aliphatic heterocycles. The molecule has 1 aromatic heterocycles. The summed E-state index contributed by atoms with van der Waals surface area (Å²) in [6, 6.07) is 16.8. The van der Waals surface area contributed by atoms with Crippen LogP contribution in [0, 0.1) is 11.3 Å². The van der Waals surface area contributed by atoms with Crippen LogP contribution in [0.2, 0.25) is 0 Å². The maximum atomic E-state index is 12.3. The first-order valence-electron chi connectivity index (χ1n) is 8.40. The number of hydrogen-bond acceptors (Lipinski definition) is 6. The minimum atomic E-state index is -0.424. The van der Waals surface area contributed by atoms with Gasteiger partial charge in [-0.3, -0.25) is 9.59 Å². The summed E-state index contributed by atoms with van der Waals surface area (Å²) in [5.41, 5.74) is 1.77.